The second-order valence-corrected chi connectivity index (χ2v) is 4.79. The number of anilines is 1. The lowest BCUT2D eigenvalue weighted by Gasteiger charge is -2.36. The summed E-state index contributed by atoms with van der Waals surface area (Å²) in [5.41, 5.74) is 1.91. The van der Waals surface area contributed by atoms with Crippen LogP contribution in [0.4, 0.5) is 5.95 Å². The fraction of sp³-hybridized carbons (Fsp3) is 0.385. The lowest BCUT2D eigenvalue weighted by atomic mass is 9.96. The summed E-state index contributed by atoms with van der Waals surface area (Å²) < 4.78 is 7.82. The van der Waals surface area contributed by atoms with Crippen LogP contribution < -0.4 is 5.32 Å². The highest BCUT2D eigenvalue weighted by Gasteiger charge is 2.39. The summed E-state index contributed by atoms with van der Waals surface area (Å²) in [6, 6.07) is 7.89. The third-order valence-electron chi connectivity index (χ3n) is 3.71. The van der Waals surface area contributed by atoms with Gasteiger partial charge in [0, 0.05) is 6.61 Å². The van der Waals surface area contributed by atoms with Gasteiger partial charge in [-0.15, -0.1) is 0 Å². The van der Waals surface area contributed by atoms with Crippen LogP contribution in [0.15, 0.2) is 24.3 Å². The van der Waals surface area contributed by atoms with Crippen LogP contribution in [0.25, 0.3) is 11.0 Å². The number of hydrogen-bond acceptors (Lipinski definition) is 3. The van der Waals surface area contributed by atoms with Crippen LogP contribution in [-0.2, 0) is 9.53 Å². The van der Waals surface area contributed by atoms with Crippen molar-refractivity contribution in [3.8, 4) is 0 Å². The van der Waals surface area contributed by atoms with Gasteiger partial charge in [0.05, 0.1) is 17.0 Å². The van der Waals surface area contributed by atoms with E-state index in [2.05, 4.69) is 10.3 Å². The summed E-state index contributed by atoms with van der Waals surface area (Å²) in [7, 11) is 0. The highest BCUT2D eigenvalue weighted by Crippen LogP contribution is 2.38. The number of hydrogen-bond donors (Lipinski definition) is 1. The van der Waals surface area contributed by atoms with Gasteiger partial charge in [-0.2, -0.15) is 0 Å². The molecule has 1 aromatic heterocycles. The van der Waals surface area contributed by atoms with Gasteiger partial charge in [-0.05, 0) is 25.0 Å². The van der Waals surface area contributed by atoms with Crippen LogP contribution in [0.2, 0.25) is 0 Å². The monoisotopic (exact) mass is 243 g/mol. The Morgan fingerprint density at radius 2 is 2.28 bits per heavy atom. The number of rotatable bonds is 0. The van der Waals surface area contributed by atoms with Crippen LogP contribution in [0, 0.1) is 5.92 Å². The van der Waals surface area contributed by atoms with Crippen molar-refractivity contribution in [2.45, 2.75) is 19.1 Å². The van der Waals surface area contributed by atoms with Crippen LogP contribution in [0.3, 0.4) is 0 Å². The zero-order valence-electron chi connectivity index (χ0n) is 9.80. The summed E-state index contributed by atoms with van der Waals surface area (Å²) in [4.78, 5) is 16.5. The Labute approximate surface area is 104 Å². The highest BCUT2D eigenvalue weighted by atomic mass is 16.5. The van der Waals surface area contributed by atoms with Gasteiger partial charge in [-0.1, -0.05) is 12.1 Å². The predicted octanol–water partition coefficient (Wildman–Crippen LogP) is 1.91. The highest BCUT2D eigenvalue weighted by molar-refractivity contribution is 5.95. The number of amides is 1. The second kappa shape index (κ2) is 3.55. The van der Waals surface area contributed by atoms with Gasteiger partial charge in [0.25, 0.3) is 0 Å². The number of nitrogens with zero attached hydrogens (tertiary/aromatic N) is 2. The summed E-state index contributed by atoms with van der Waals surface area (Å²) in [6.07, 6.45) is 1.62. The van der Waals surface area contributed by atoms with Crippen molar-refractivity contribution in [3.05, 3.63) is 24.3 Å². The summed E-state index contributed by atoms with van der Waals surface area (Å²) in [5, 5.41) is 2.88. The number of nitrogens with one attached hydrogen (secondary N) is 1. The van der Waals surface area contributed by atoms with Crippen molar-refractivity contribution < 1.29 is 9.53 Å². The topological polar surface area (TPSA) is 56.2 Å². The number of para-hydroxylation sites is 2. The van der Waals surface area contributed by atoms with Crippen molar-refractivity contribution in [3.63, 3.8) is 0 Å². The lowest BCUT2D eigenvalue weighted by molar-refractivity contribution is -0.137. The van der Waals surface area contributed by atoms with E-state index in [9.17, 15) is 4.79 Å². The molecule has 0 aliphatic carbocycles. The first-order valence-electron chi connectivity index (χ1n) is 6.24. The van der Waals surface area contributed by atoms with E-state index in [0.29, 0.717) is 12.6 Å². The van der Waals surface area contributed by atoms with E-state index >= 15 is 0 Å². The van der Waals surface area contributed by atoms with Crippen LogP contribution in [0.5, 0.6) is 0 Å². The van der Waals surface area contributed by atoms with E-state index < -0.39 is 0 Å². The average Bonchev–Trinajstić information content (AvgIpc) is 2.77. The first-order chi connectivity index (χ1) is 8.84. The smallest absolute Gasteiger partial charge is 0.234 e. The molecule has 1 fully saturated rings. The molecule has 4 rings (SSSR count). The molecule has 0 bridgehead atoms. The predicted molar refractivity (Wildman–Crippen MR) is 66.1 cm³/mol. The molecule has 5 heteroatoms. The minimum atomic E-state index is -0.199. The standard InChI is InChI=1S/C13H13N3O2/c17-11-8-4-3-7-18-12(8)16-10-6-2-1-5-9(10)14-13(16)15-11/h1-2,5-6,8,12H,3-4,7H2,(H,14,15,17). The molecule has 18 heavy (non-hydrogen) atoms. The minimum absolute atomic E-state index is 0.0301. The Hall–Kier alpha value is -1.88. The number of carbonyl (C=O) groups excluding carboxylic acids is 1. The SMILES string of the molecule is O=C1Nc2nc3ccccc3n2C2OCCCC12. The molecule has 3 heterocycles. The number of carbonyl (C=O) groups is 1. The average molecular weight is 243 g/mol. The zero-order chi connectivity index (χ0) is 12.1. The third-order valence-corrected chi connectivity index (χ3v) is 3.71. The summed E-state index contributed by atoms with van der Waals surface area (Å²) in [5.74, 6) is 0.538. The molecule has 2 aliphatic rings. The molecule has 1 aromatic carbocycles. The normalized spacial score (nSPS) is 26.6. The van der Waals surface area contributed by atoms with Crippen molar-refractivity contribution in [1.82, 2.24) is 9.55 Å². The molecule has 1 saturated heterocycles. The Bertz CT molecular complexity index is 634. The quantitative estimate of drug-likeness (QED) is 0.769. The van der Waals surface area contributed by atoms with Gasteiger partial charge in [-0.3, -0.25) is 14.7 Å². The Morgan fingerprint density at radius 1 is 1.39 bits per heavy atom. The molecule has 0 radical (unpaired) electrons. The van der Waals surface area contributed by atoms with Crippen LogP contribution in [-0.4, -0.2) is 22.1 Å². The largest absolute Gasteiger partial charge is 0.357 e. The molecular formula is C13H13N3O2. The first kappa shape index (κ1) is 10.1. The van der Waals surface area contributed by atoms with Gasteiger partial charge >= 0.3 is 0 Å². The maximum absolute atomic E-state index is 12.0. The number of benzene rings is 1. The van der Waals surface area contributed by atoms with E-state index in [1.54, 1.807) is 0 Å². The molecule has 92 valence electrons. The molecule has 2 aliphatic heterocycles. The zero-order valence-corrected chi connectivity index (χ0v) is 9.80. The molecule has 1 N–H and O–H groups in total. The number of ether oxygens (including phenoxy) is 1. The van der Waals surface area contributed by atoms with E-state index in [1.807, 2.05) is 28.8 Å². The maximum atomic E-state index is 12.0. The fourth-order valence-corrected chi connectivity index (χ4v) is 2.87. The van der Waals surface area contributed by atoms with E-state index in [1.165, 1.54) is 0 Å². The van der Waals surface area contributed by atoms with Crippen molar-refractivity contribution in [2.75, 3.05) is 11.9 Å². The molecule has 0 saturated carbocycles. The van der Waals surface area contributed by atoms with Crippen LogP contribution in [0.1, 0.15) is 19.1 Å². The Balaban J connectivity index is 1.96. The van der Waals surface area contributed by atoms with Crippen LogP contribution >= 0.6 is 0 Å². The number of aromatic nitrogens is 2. The van der Waals surface area contributed by atoms with Gasteiger partial charge in [0.15, 0.2) is 0 Å². The number of fused-ring (bicyclic) bond motifs is 5. The van der Waals surface area contributed by atoms with E-state index in [-0.39, 0.29) is 18.1 Å². The lowest BCUT2D eigenvalue weighted by Crippen LogP contribution is -2.41. The molecule has 2 unspecified atom stereocenters. The van der Waals surface area contributed by atoms with E-state index in [0.717, 1.165) is 23.9 Å². The fourth-order valence-electron chi connectivity index (χ4n) is 2.87. The Kier molecular flexibility index (Phi) is 1.99. The molecular weight excluding hydrogens is 230 g/mol. The molecule has 2 aromatic rings. The van der Waals surface area contributed by atoms with Crippen molar-refractivity contribution in [2.24, 2.45) is 5.92 Å². The second-order valence-electron chi connectivity index (χ2n) is 4.79. The third kappa shape index (κ3) is 1.25. The van der Waals surface area contributed by atoms with Gasteiger partial charge in [-0.25, -0.2) is 4.98 Å². The first-order valence-corrected chi connectivity index (χ1v) is 6.24. The van der Waals surface area contributed by atoms with Crippen molar-refractivity contribution >= 4 is 22.9 Å². The van der Waals surface area contributed by atoms with Gasteiger partial charge in [0.2, 0.25) is 11.9 Å². The van der Waals surface area contributed by atoms with Gasteiger partial charge < -0.3 is 4.74 Å². The minimum Gasteiger partial charge on any atom is -0.357 e. The Morgan fingerprint density at radius 3 is 3.22 bits per heavy atom. The van der Waals surface area contributed by atoms with Crippen molar-refractivity contribution in [1.29, 1.82) is 0 Å². The summed E-state index contributed by atoms with van der Waals surface area (Å²) >= 11 is 0. The molecule has 1 amide bonds. The maximum Gasteiger partial charge on any atom is 0.234 e. The van der Waals surface area contributed by atoms with Gasteiger partial charge in [0.1, 0.15) is 6.23 Å². The molecule has 2 atom stereocenters. The molecule has 0 spiro atoms. The molecule has 5 nitrogen and oxygen atoms in total. The van der Waals surface area contributed by atoms with E-state index in [4.69, 9.17) is 4.74 Å². The number of imidazole rings is 1. The summed E-state index contributed by atoms with van der Waals surface area (Å²) in [6.45, 7) is 0.709.